The molecule has 0 saturated carbocycles. The third-order valence-electron chi connectivity index (χ3n) is 2.88. The minimum Gasteiger partial charge on any atom is -0.351 e. The van der Waals surface area contributed by atoms with Crippen LogP contribution >= 0.6 is 11.6 Å². The minimum atomic E-state index is -3.72. The van der Waals surface area contributed by atoms with Crippen molar-refractivity contribution in [3.05, 3.63) is 65.2 Å². The molecule has 0 radical (unpaired) electrons. The molecule has 0 unspecified atom stereocenters. The number of benzene rings is 2. The Morgan fingerprint density at radius 2 is 1.64 bits per heavy atom. The second-order valence-corrected chi connectivity index (χ2v) is 6.74. The third kappa shape index (κ3) is 4.84. The largest absolute Gasteiger partial charge is 0.351 e. The Hall–Kier alpha value is -1.89. The highest BCUT2D eigenvalue weighted by atomic mass is 35.5. The summed E-state index contributed by atoms with van der Waals surface area (Å²) in [6.07, 6.45) is 0. The van der Waals surface area contributed by atoms with Crippen LogP contribution in [0, 0.1) is 0 Å². The van der Waals surface area contributed by atoms with E-state index in [1.165, 1.54) is 24.3 Å². The molecule has 0 aromatic heterocycles. The molecule has 2 N–H and O–H groups in total. The Balaban J connectivity index is 1.86. The number of sulfonamides is 1. The van der Waals surface area contributed by atoms with Crippen LogP contribution in [0.5, 0.6) is 0 Å². The molecule has 0 spiro atoms. The molecule has 2 aromatic carbocycles. The summed E-state index contributed by atoms with van der Waals surface area (Å²) < 4.78 is 26.2. The first-order valence-corrected chi connectivity index (χ1v) is 8.39. The molecule has 0 atom stereocenters. The maximum absolute atomic E-state index is 12.0. The first kappa shape index (κ1) is 16.5. The summed E-state index contributed by atoms with van der Waals surface area (Å²) >= 11 is 5.71. The highest BCUT2D eigenvalue weighted by Gasteiger charge is 2.15. The van der Waals surface area contributed by atoms with E-state index < -0.39 is 15.9 Å². The zero-order chi connectivity index (χ0) is 16.0. The van der Waals surface area contributed by atoms with Gasteiger partial charge in [-0.15, -0.1) is 0 Å². The molecule has 2 aromatic rings. The fourth-order valence-corrected chi connectivity index (χ4v) is 2.82. The van der Waals surface area contributed by atoms with E-state index in [0.717, 1.165) is 5.56 Å². The van der Waals surface area contributed by atoms with Gasteiger partial charge in [0, 0.05) is 11.6 Å². The van der Waals surface area contributed by atoms with Crippen molar-refractivity contribution in [1.29, 1.82) is 0 Å². The molecular formula is C15H15ClN2O3S. The Bertz CT molecular complexity index is 731. The number of halogens is 1. The van der Waals surface area contributed by atoms with Crippen LogP contribution in [0.15, 0.2) is 59.5 Å². The summed E-state index contributed by atoms with van der Waals surface area (Å²) in [4.78, 5) is 11.8. The maximum Gasteiger partial charge on any atom is 0.241 e. The Morgan fingerprint density at radius 1 is 1.00 bits per heavy atom. The summed E-state index contributed by atoms with van der Waals surface area (Å²) in [5.74, 6) is -0.401. The van der Waals surface area contributed by atoms with Crippen LogP contribution in [0.4, 0.5) is 0 Å². The van der Waals surface area contributed by atoms with Crippen molar-refractivity contribution in [2.75, 3.05) is 6.54 Å². The van der Waals surface area contributed by atoms with Crippen LogP contribution in [0.3, 0.4) is 0 Å². The summed E-state index contributed by atoms with van der Waals surface area (Å²) in [5, 5.41) is 3.09. The molecule has 22 heavy (non-hydrogen) atoms. The van der Waals surface area contributed by atoms with Gasteiger partial charge in [-0.1, -0.05) is 41.9 Å². The van der Waals surface area contributed by atoms with Gasteiger partial charge in [0.15, 0.2) is 0 Å². The average Bonchev–Trinajstić information content (AvgIpc) is 2.52. The molecule has 7 heteroatoms. The van der Waals surface area contributed by atoms with Gasteiger partial charge in [-0.2, -0.15) is 0 Å². The fraction of sp³-hybridized carbons (Fsp3) is 0.133. The van der Waals surface area contributed by atoms with Gasteiger partial charge < -0.3 is 5.32 Å². The molecule has 0 saturated heterocycles. The summed E-state index contributed by atoms with van der Waals surface area (Å²) in [6.45, 7) is 0.0279. The van der Waals surface area contributed by atoms with Gasteiger partial charge in [0.25, 0.3) is 0 Å². The number of hydrogen-bond acceptors (Lipinski definition) is 3. The van der Waals surface area contributed by atoms with Crippen molar-refractivity contribution in [2.24, 2.45) is 0 Å². The Labute approximate surface area is 134 Å². The molecule has 0 aliphatic carbocycles. The van der Waals surface area contributed by atoms with Crippen LogP contribution < -0.4 is 10.0 Å². The maximum atomic E-state index is 12.0. The van der Waals surface area contributed by atoms with Crippen LogP contribution in [0.25, 0.3) is 0 Å². The van der Waals surface area contributed by atoms with Crippen molar-refractivity contribution < 1.29 is 13.2 Å². The predicted octanol–water partition coefficient (Wildman–Crippen LogP) is 1.93. The smallest absolute Gasteiger partial charge is 0.241 e. The molecule has 0 heterocycles. The fourth-order valence-electron chi connectivity index (χ4n) is 1.72. The van der Waals surface area contributed by atoms with Crippen molar-refractivity contribution in [2.45, 2.75) is 11.4 Å². The molecule has 1 amide bonds. The van der Waals surface area contributed by atoms with E-state index in [2.05, 4.69) is 10.0 Å². The molecule has 116 valence electrons. The molecule has 0 bridgehead atoms. The lowest BCUT2D eigenvalue weighted by Gasteiger charge is -2.08. The van der Waals surface area contributed by atoms with Gasteiger partial charge >= 0.3 is 0 Å². The van der Waals surface area contributed by atoms with Gasteiger partial charge in [0.1, 0.15) is 0 Å². The van der Waals surface area contributed by atoms with E-state index in [1.807, 2.05) is 30.3 Å². The van der Waals surface area contributed by atoms with Crippen molar-refractivity contribution in [1.82, 2.24) is 10.0 Å². The molecule has 5 nitrogen and oxygen atoms in total. The average molecular weight is 339 g/mol. The second-order valence-electron chi connectivity index (χ2n) is 4.54. The lowest BCUT2D eigenvalue weighted by molar-refractivity contribution is -0.120. The van der Waals surface area contributed by atoms with Crippen LogP contribution in [-0.4, -0.2) is 20.9 Å². The number of rotatable bonds is 6. The SMILES string of the molecule is O=C(CNS(=O)(=O)c1ccc(Cl)cc1)NCc1ccccc1. The lowest BCUT2D eigenvalue weighted by Crippen LogP contribution is -2.36. The first-order chi connectivity index (χ1) is 10.5. The third-order valence-corrected chi connectivity index (χ3v) is 4.55. The Kier molecular flexibility index (Phi) is 5.54. The molecule has 0 fully saturated rings. The predicted molar refractivity (Wildman–Crippen MR) is 84.9 cm³/mol. The van der Waals surface area contributed by atoms with Gasteiger partial charge in [-0.05, 0) is 29.8 Å². The van der Waals surface area contributed by atoms with Crippen LogP contribution in [0.1, 0.15) is 5.56 Å². The van der Waals surface area contributed by atoms with E-state index in [0.29, 0.717) is 11.6 Å². The van der Waals surface area contributed by atoms with Gasteiger partial charge in [0.05, 0.1) is 11.4 Å². The van der Waals surface area contributed by atoms with Crippen molar-refractivity contribution in [3.63, 3.8) is 0 Å². The van der Waals surface area contributed by atoms with E-state index in [-0.39, 0.29) is 11.4 Å². The molecule has 2 rings (SSSR count). The number of hydrogen-bond donors (Lipinski definition) is 2. The van der Waals surface area contributed by atoms with E-state index in [9.17, 15) is 13.2 Å². The minimum absolute atomic E-state index is 0.0627. The number of carbonyl (C=O) groups is 1. The topological polar surface area (TPSA) is 75.3 Å². The Morgan fingerprint density at radius 3 is 2.27 bits per heavy atom. The van der Waals surface area contributed by atoms with Crippen LogP contribution in [0.2, 0.25) is 5.02 Å². The first-order valence-electron chi connectivity index (χ1n) is 6.53. The second kappa shape index (κ2) is 7.40. The summed E-state index contributed by atoms with van der Waals surface area (Å²) in [6, 6.07) is 15.1. The zero-order valence-corrected chi connectivity index (χ0v) is 13.2. The number of carbonyl (C=O) groups excluding carboxylic acids is 1. The quantitative estimate of drug-likeness (QED) is 0.845. The zero-order valence-electron chi connectivity index (χ0n) is 11.6. The molecular weight excluding hydrogens is 324 g/mol. The molecule has 0 aliphatic rings. The monoisotopic (exact) mass is 338 g/mol. The van der Waals surface area contributed by atoms with E-state index in [4.69, 9.17) is 11.6 Å². The van der Waals surface area contributed by atoms with E-state index in [1.54, 1.807) is 0 Å². The van der Waals surface area contributed by atoms with Crippen molar-refractivity contribution >= 4 is 27.5 Å². The normalized spacial score (nSPS) is 11.1. The number of amides is 1. The highest BCUT2D eigenvalue weighted by molar-refractivity contribution is 7.89. The standard InChI is InChI=1S/C15H15ClN2O3S/c16-13-6-8-14(9-7-13)22(20,21)18-11-15(19)17-10-12-4-2-1-3-5-12/h1-9,18H,10-11H2,(H,17,19). The van der Waals surface area contributed by atoms with Gasteiger partial charge in [0.2, 0.25) is 15.9 Å². The van der Waals surface area contributed by atoms with Crippen molar-refractivity contribution in [3.8, 4) is 0 Å². The van der Waals surface area contributed by atoms with Crippen LogP contribution in [-0.2, 0) is 21.4 Å². The van der Waals surface area contributed by atoms with Gasteiger partial charge in [-0.25, -0.2) is 13.1 Å². The van der Waals surface area contributed by atoms with E-state index >= 15 is 0 Å². The number of nitrogens with one attached hydrogen (secondary N) is 2. The van der Waals surface area contributed by atoms with Gasteiger partial charge in [-0.3, -0.25) is 4.79 Å². The molecule has 0 aliphatic heterocycles. The lowest BCUT2D eigenvalue weighted by atomic mass is 10.2. The highest BCUT2D eigenvalue weighted by Crippen LogP contribution is 2.13. The summed E-state index contributed by atoms with van der Waals surface area (Å²) in [7, 11) is -3.72. The summed E-state index contributed by atoms with van der Waals surface area (Å²) in [5.41, 5.74) is 0.941.